The van der Waals surface area contributed by atoms with Crippen molar-refractivity contribution in [2.75, 3.05) is 5.32 Å². The van der Waals surface area contributed by atoms with Gasteiger partial charge in [-0.1, -0.05) is 6.07 Å². The van der Waals surface area contributed by atoms with Crippen LogP contribution in [0, 0.1) is 34.0 Å². The van der Waals surface area contributed by atoms with Crippen LogP contribution in [-0.4, -0.2) is 16.8 Å². The van der Waals surface area contributed by atoms with Crippen LogP contribution in [0.3, 0.4) is 0 Å². The van der Waals surface area contributed by atoms with E-state index in [4.69, 9.17) is 15.8 Å². The number of nitriles is 3. The number of carbonyl (C=O) groups is 1. The van der Waals surface area contributed by atoms with Crippen LogP contribution < -0.4 is 5.32 Å². The van der Waals surface area contributed by atoms with Gasteiger partial charge in [-0.25, -0.2) is 0 Å². The van der Waals surface area contributed by atoms with Crippen molar-refractivity contribution < 1.29 is 4.79 Å². The highest BCUT2D eigenvalue weighted by molar-refractivity contribution is 6.00. The summed E-state index contributed by atoms with van der Waals surface area (Å²) in [5.74, 6) is 0.00410. The number of nitrogens with one attached hydrogen (secondary N) is 1. The summed E-state index contributed by atoms with van der Waals surface area (Å²) >= 11 is 0. The Morgan fingerprint density at radius 3 is 2.50 bits per heavy atom. The number of benzene rings is 1. The third-order valence-electron chi connectivity index (χ3n) is 3.83. The molecule has 0 radical (unpaired) electrons. The van der Waals surface area contributed by atoms with E-state index < -0.39 is 0 Å². The molecule has 6 nitrogen and oxygen atoms in total. The summed E-state index contributed by atoms with van der Waals surface area (Å²) < 4.78 is 0. The molecule has 6 heteroatoms. The molecule has 0 unspecified atom stereocenters. The number of rotatable bonds is 3. The summed E-state index contributed by atoms with van der Waals surface area (Å²) in [5.41, 5.74) is 1.64. The Morgan fingerprint density at radius 1 is 1.18 bits per heavy atom. The van der Waals surface area contributed by atoms with Gasteiger partial charge in [0.15, 0.2) is 5.57 Å². The molecule has 106 valence electrons. The van der Waals surface area contributed by atoms with Crippen LogP contribution in [0.1, 0.15) is 28.8 Å². The third-order valence-corrected chi connectivity index (χ3v) is 3.83. The lowest BCUT2D eigenvalue weighted by Crippen LogP contribution is -2.25. The maximum Gasteiger partial charge on any atom is 0.254 e. The Kier molecular flexibility index (Phi) is 3.26. The fraction of sp³-hybridized carbons (Fsp3) is 0.250. The maximum atomic E-state index is 12.3. The summed E-state index contributed by atoms with van der Waals surface area (Å²) in [4.78, 5) is 14.2. The van der Waals surface area contributed by atoms with Crippen molar-refractivity contribution in [3.8, 4) is 18.2 Å². The molecule has 2 aliphatic rings. The van der Waals surface area contributed by atoms with Gasteiger partial charge in [0.1, 0.15) is 23.9 Å². The molecule has 1 aliphatic heterocycles. The maximum absolute atomic E-state index is 12.3. The highest BCUT2D eigenvalue weighted by Crippen LogP contribution is 2.37. The Bertz CT molecular complexity index is 798. The van der Waals surface area contributed by atoms with Gasteiger partial charge in [-0.15, -0.1) is 0 Å². The quantitative estimate of drug-likeness (QED) is 0.857. The number of carbonyl (C=O) groups excluding carboxylic acids is 1. The van der Waals surface area contributed by atoms with E-state index in [1.807, 2.05) is 11.0 Å². The number of amides is 1. The standard InChI is InChI=1S/C16H11N5O/c17-6-10(7-18)15(8-19)20-14-3-1-2-12-13(14)9-21(16(12)22)11-4-5-11/h1-3,11,20H,4-5,9H2. The zero-order chi connectivity index (χ0) is 15.7. The first-order valence-electron chi connectivity index (χ1n) is 6.84. The van der Waals surface area contributed by atoms with Crippen molar-refractivity contribution in [2.24, 2.45) is 0 Å². The molecule has 0 saturated heterocycles. The second-order valence-corrected chi connectivity index (χ2v) is 5.21. The van der Waals surface area contributed by atoms with Crippen LogP contribution in [0.15, 0.2) is 29.5 Å². The molecule has 0 bridgehead atoms. The molecule has 22 heavy (non-hydrogen) atoms. The zero-order valence-electron chi connectivity index (χ0n) is 11.6. The summed E-state index contributed by atoms with van der Waals surface area (Å²) in [6, 6.07) is 10.8. The summed E-state index contributed by atoms with van der Waals surface area (Å²) in [6.07, 6.45) is 2.05. The third kappa shape index (κ3) is 2.16. The second kappa shape index (κ2) is 5.24. The van der Waals surface area contributed by atoms with E-state index in [0.29, 0.717) is 23.8 Å². The van der Waals surface area contributed by atoms with E-state index in [1.54, 1.807) is 30.3 Å². The number of nitrogens with zero attached hydrogens (tertiary/aromatic N) is 4. The van der Waals surface area contributed by atoms with E-state index in [-0.39, 0.29) is 17.2 Å². The smallest absolute Gasteiger partial charge is 0.254 e. The van der Waals surface area contributed by atoms with Gasteiger partial charge in [-0.05, 0) is 25.0 Å². The number of allylic oxidation sites excluding steroid dienone is 2. The predicted molar refractivity (Wildman–Crippen MR) is 76.8 cm³/mol. The molecule has 1 N–H and O–H groups in total. The average Bonchev–Trinajstić information content (AvgIpc) is 3.32. The normalized spacial score (nSPS) is 15.3. The Hall–Kier alpha value is -3.30. The van der Waals surface area contributed by atoms with Gasteiger partial charge < -0.3 is 10.2 Å². The van der Waals surface area contributed by atoms with E-state index in [2.05, 4.69) is 5.32 Å². The second-order valence-electron chi connectivity index (χ2n) is 5.21. The number of anilines is 1. The van der Waals surface area contributed by atoms with Crippen molar-refractivity contribution in [3.05, 3.63) is 40.6 Å². The minimum atomic E-state index is -0.275. The number of fused-ring (bicyclic) bond motifs is 1. The highest BCUT2D eigenvalue weighted by Gasteiger charge is 2.39. The van der Waals surface area contributed by atoms with Gasteiger partial charge in [-0.3, -0.25) is 4.79 Å². The molecule has 1 aromatic carbocycles. The lowest BCUT2D eigenvalue weighted by atomic mass is 10.1. The SMILES string of the molecule is N#CC(C#N)=C(C#N)Nc1cccc2c1CN(C1CC1)C2=O. The monoisotopic (exact) mass is 289 g/mol. The van der Waals surface area contributed by atoms with Gasteiger partial charge in [-0.2, -0.15) is 15.8 Å². The van der Waals surface area contributed by atoms with Crippen LogP contribution in [0.2, 0.25) is 0 Å². The number of hydrogen-bond donors (Lipinski definition) is 1. The average molecular weight is 289 g/mol. The van der Waals surface area contributed by atoms with Gasteiger partial charge in [0.05, 0.1) is 0 Å². The van der Waals surface area contributed by atoms with Crippen molar-refractivity contribution >= 4 is 11.6 Å². The summed E-state index contributed by atoms with van der Waals surface area (Å²) in [5, 5.41) is 29.7. The van der Waals surface area contributed by atoms with Gasteiger partial charge in [0, 0.05) is 29.4 Å². The molecule has 1 amide bonds. The van der Waals surface area contributed by atoms with Crippen molar-refractivity contribution in [3.63, 3.8) is 0 Å². The van der Waals surface area contributed by atoms with Gasteiger partial charge >= 0.3 is 0 Å². The highest BCUT2D eigenvalue weighted by atomic mass is 16.2. The Labute approximate surface area is 127 Å². The molecule has 0 spiro atoms. The first-order valence-corrected chi connectivity index (χ1v) is 6.84. The molecule has 1 heterocycles. The molecule has 1 fully saturated rings. The van der Waals surface area contributed by atoms with Gasteiger partial charge in [0.25, 0.3) is 5.91 Å². The van der Waals surface area contributed by atoms with E-state index in [9.17, 15) is 4.79 Å². The van der Waals surface area contributed by atoms with E-state index in [0.717, 1.165) is 18.4 Å². The van der Waals surface area contributed by atoms with Crippen molar-refractivity contribution in [2.45, 2.75) is 25.4 Å². The molecule has 3 rings (SSSR count). The molecule has 0 atom stereocenters. The van der Waals surface area contributed by atoms with Crippen LogP contribution in [-0.2, 0) is 6.54 Å². The van der Waals surface area contributed by atoms with Crippen LogP contribution >= 0.6 is 0 Å². The van der Waals surface area contributed by atoms with Crippen LogP contribution in [0.5, 0.6) is 0 Å². The zero-order valence-corrected chi connectivity index (χ0v) is 11.6. The van der Waals surface area contributed by atoms with Crippen molar-refractivity contribution in [1.82, 2.24) is 4.90 Å². The summed E-state index contributed by atoms with van der Waals surface area (Å²) in [6.45, 7) is 0.495. The van der Waals surface area contributed by atoms with E-state index >= 15 is 0 Å². The Balaban J connectivity index is 1.98. The molecule has 0 aromatic heterocycles. The van der Waals surface area contributed by atoms with Gasteiger partial charge in [0.2, 0.25) is 0 Å². The van der Waals surface area contributed by atoms with Crippen LogP contribution in [0.25, 0.3) is 0 Å². The topological polar surface area (TPSA) is 104 Å². The fourth-order valence-corrected chi connectivity index (χ4v) is 2.57. The molecular weight excluding hydrogens is 278 g/mol. The lowest BCUT2D eigenvalue weighted by molar-refractivity contribution is 0.0766. The Morgan fingerprint density at radius 2 is 1.91 bits per heavy atom. The number of hydrogen-bond acceptors (Lipinski definition) is 5. The fourth-order valence-electron chi connectivity index (χ4n) is 2.57. The largest absolute Gasteiger partial charge is 0.345 e. The van der Waals surface area contributed by atoms with Crippen LogP contribution in [0.4, 0.5) is 5.69 Å². The minimum absolute atomic E-state index is 0.00410. The molecule has 1 saturated carbocycles. The predicted octanol–water partition coefficient (Wildman–Crippen LogP) is 2.04. The van der Waals surface area contributed by atoms with Crippen molar-refractivity contribution in [1.29, 1.82) is 15.8 Å². The molecule has 1 aromatic rings. The first-order chi connectivity index (χ1) is 10.7. The summed E-state index contributed by atoms with van der Waals surface area (Å²) in [7, 11) is 0. The minimum Gasteiger partial charge on any atom is -0.345 e. The lowest BCUT2D eigenvalue weighted by Gasteiger charge is -2.14. The molecular formula is C16H11N5O. The van der Waals surface area contributed by atoms with E-state index in [1.165, 1.54) is 0 Å². The first kappa shape index (κ1) is 13.7. The molecule has 1 aliphatic carbocycles.